The number of benzene rings is 1. The molecule has 0 bridgehead atoms. The average Bonchev–Trinajstić information content (AvgIpc) is 2.61. The first kappa shape index (κ1) is 20.0. The maximum Gasteiger partial charge on any atom is 0.251 e. The standard InChI is InChI=1S/C19H32N4O/c1-4-6-8-14-22-19(20-3)23-15-16-9-11-17(12-10-16)18(24)21-13-7-5-2/h9-12H,4-8,13-15H2,1-3H3,(H,21,24)(H2,20,22,23). The van der Waals surface area contributed by atoms with E-state index in [1.54, 1.807) is 7.05 Å². The van der Waals surface area contributed by atoms with Crippen molar-refractivity contribution in [1.29, 1.82) is 0 Å². The van der Waals surface area contributed by atoms with E-state index in [-0.39, 0.29) is 5.91 Å². The molecule has 0 aromatic heterocycles. The van der Waals surface area contributed by atoms with E-state index in [2.05, 4.69) is 34.8 Å². The van der Waals surface area contributed by atoms with E-state index in [4.69, 9.17) is 0 Å². The minimum absolute atomic E-state index is 0.00337. The molecule has 0 radical (unpaired) electrons. The smallest absolute Gasteiger partial charge is 0.251 e. The van der Waals surface area contributed by atoms with Gasteiger partial charge >= 0.3 is 0 Å². The summed E-state index contributed by atoms with van der Waals surface area (Å²) < 4.78 is 0. The Balaban J connectivity index is 2.39. The summed E-state index contributed by atoms with van der Waals surface area (Å²) in [5.41, 5.74) is 1.83. The van der Waals surface area contributed by atoms with Gasteiger partial charge in [0, 0.05) is 32.2 Å². The zero-order valence-electron chi connectivity index (χ0n) is 15.3. The third-order valence-corrected chi connectivity index (χ3v) is 3.79. The summed E-state index contributed by atoms with van der Waals surface area (Å²) in [6.07, 6.45) is 5.69. The van der Waals surface area contributed by atoms with Crippen molar-refractivity contribution < 1.29 is 4.79 Å². The summed E-state index contributed by atoms with van der Waals surface area (Å²) in [5.74, 6) is 0.809. The molecular weight excluding hydrogens is 300 g/mol. The lowest BCUT2D eigenvalue weighted by atomic mass is 10.1. The van der Waals surface area contributed by atoms with Crippen molar-refractivity contribution in [3.05, 3.63) is 35.4 Å². The number of hydrogen-bond donors (Lipinski definition) is 3. The lowest BCUT2D eigenvalue weighted by molar-refractivity contribution is 0.0953. The zero-order valence-corrected chi connectivity index (χ0v) is 15.3. The van der Waals surface area contributed by atoms with E-state index in [0.29, 0.717) is 12.1 Å². The third kappa shape index (κ3) is 7.99. The highest BCUT2D eigenvalue weighted by Crippen LogP contribution is 2.04. The van der Waals surface area contributed by atoms with E-state index < -0.39 is 0 Å². The van der Waals surface area contributed by atoms with Gasteiger partial charge < -0.3 is 16.0 Å². The fourth-order valence-corrected chi connectivity index (χ4v) is 2.24. The van der Waals surface area contributed by atoms with E-state index in [1.807, 2.05) is 24.3 Å². The molecular formula is C19H32N4O. The molecule has 0 spiro atoms. The van der Waals surface area contributed by atoms with Crippen molar-refractivity contribution in [3.63, 3.8) is 0 Å². The van der Waals surface area contributed by atoms with Gasteiger partial charge in [0.25, 0.3) is 5.91 Å². The molecule has 5 heteroatoms. The third-order valence-electron chi connectivity index (χ3n) is 3.79. The number of rotatable bonds is 10. The quantitative estimate of drug-likeness (QED) is 0.350. The second kappa shape index (κ2) is 12.4. The van der Waals surface area contributed by atoms with Crippen LogP contribution in [0.2, 0.25) is 0 Å². The lowest BCUT2D eigenvalue weighted by Crippen LogP contribution is -2.37. The fourth-order valence-electron chi connectivity index (χ4n) is 2.24. The summed E-state index contributed by atoms with van der Waals surface area (Å²) >= 11 is 0. The first-order chi connectivity index (χ1) is 11.7. The van der Waals surface area contributed by atoms with Crippen LogP contribution in [0.3, 0.4) is 0 Å². The Labute approximate surface area is 146 Å². The molecule has 1 amide bonds. The molecule has 0 saturated carbocycles. The van der Waals surface area contributed by atoms with Gasteiger partial charge in [0.1, 0.15) is 0 Å². The Morgan fingerprint density at radius 1 is 0.917 bits per heavy atom. The minimum Gasteiger partial charge on any atom is -0.356 e. The first-order valence-corrected chi connectivity index (χ1v) is 9.02. The highest BCUT2D eigenvalue weighted by molar-refractivity contribution is 5.94. The Hall–Kier alpha value is -2.04. The van der Waals surface area contributed by atoms with Gasteiger partial charge in [-0.25, -0.2) is 0 Å². The lowest BCUT2D eigenvalue weighted by Gasteiger charge is -2.12. The maximum atomic E-state index is 12.0. The van der Waals surface area contributed by atoms with Crippen LogP contribution in [-0.2, 0) is 6.54 Å². The average molecular weight is 332 g/mol. The van der Waals surface area contributed by atoms with Crippen LogP contribution in [0.4, 0.5) is 0 Å². The second-order valence-electron chi connectivity index (χ2n) is 5.87. The van der Waals surface area contributed by atoms with Crippen molar-refractivity contribution in [3.8, 4) is 0 Å². The largest absolute Gasteiger partial charge is 0.356 e. The Morgan fingerprint density at radius 2 is 1.58 bits per heavy atom. The highest BCUT2D eigenvalue weighted by atomic mass is 16.1. The van der Waals surface area contributed by atoms with Crippen molar-refractivity contribution in [2.75, 3.05) is 20.1 Å². The second-order valence-corrected chi connectivity index (χ2v) is 5.87. The topological polar surface area (TPSA) is 65.5 Å². The molecule has 134 valence electrons. The predicted molar refractivity (Wildman–Crippen MR) is 101 cm³/mol. The molecule has 0 fully saturated rings. The number of unbranched alkanes of at least 4 members (excludes halogenated alkanes) is 3. The monoisotopic (exact) mass is 332 g/mol. The van der Waals surface area contributed by atoms with Crippen molar-refractivity contribution in [1.82, 2.24) is 16.0 Å². The molecule has 1 aromatic rings. The van der Waals surface area contributed by atoms with Gasteiger partial charge in [-0.1, -0.05) is 45.2 Å². The Kier molecular flexibility index (Phi) is 10.3. The summed E-state index contributed by atoms with van der Waals surface area (Å²) in [4.78, 5) is 16.2. The fraction of sp³-hybridized carbons (Fsp3) is 0.579. The summed E-state index contributed by atoms with van der Waals surface area (Å²) in [6.45, 7) is 6.66. The number of carbonyl (C=O) groups is 1. The van der Waals surface area contributed by atoms with E-state index in [9.17, 15) is 4.79 Å². The molecule has 0 heterocycles. The first-order valence-electron chi connectivity index (χ1n) is 9.02. The maximum absolute atomic E-state index is 12.0. The Morgan fingerprint density at radius 3 is 2.21 bits per heavy atom. The van der Waals surface area contributed by atoms with Gasteiger partial charge in [-0.15, -0.1) is 0 Å². The summed E-state index contributed by atoms with van der Waals surface area (Å²) in [7, 11) is 1.78. The van der Waals surface area contributed by atoms with Crippen LogP contribution in [-0.4, -0.2) is 32.0 Å². The van der Waals surface area contributed by atoms with Gasteiger partial charge in [0.15, 0.2) is 5.96 Å². The molecule has 0 aliphatic rings. The van der Waals surface area contributed by atoms with Gasteiger partial charge in [-0.2, -0.15) is 0 Å². The molecule has 0 saturated heterocycles. The number of guanidine groups is 1. The molecule has 24 heavy (non-hydrogen) atoms. The zero-order chi connectivity index (χ0) is 17.6. The van der Waals surface area contributed by atoms with Crippen LogP contribution in [0.15, 0.2) is 29.3 Å². The normalized spacial score (nSPS) is 11.2. The van der Waals surface area contributed by atoms with Crippen molar-refractivity contribution in [2.45, 2.75) is 52.5 Å². The Bertz CT molecular complexity index is 497. The molecule has 0 aliphatic heterocycles. The van der Waals surface area contributed by atoms with Crippen LogP contribution in [0.1, 0.15) is 61.9 Å². The van der Waals surface area contributed by atoms with Gasteiger partial charge in [-0.3, -0.25) is 9.79 Å². The SMILES string of the molecule is CCCCCNC(=NC)NCc1ccc(C(=O)NCCCC)cc1. The molecule has 1 rings (SSSR count). The highest BCUT2D eigenvalue weighted by Gasteiger charge is 2.04. The van der Waals surface area contributed by atoms with Crippen molar-refractivity contribution in [2.24, 2.45) is 4.99 Å². The van der Waals surface area contributed by atoms with Gasteiger partial charge in [-0.05, 0) is 30.5 Å². The van der Waals surface area contributed by atoms with Crippen LogP contribution >= 0.6 is 0 Å². The molecule has 0 unspecified atom stereocenters. The van der Waals surface area contributed by atoms with Crippen LogP contribution in [0.25, 0.3) is 0 Å². The molecule has 0 atom stereocenters. The molecule has 0 aliphatic carbocycles. The molecule has 3 N–H and O–H groups in total. The van der Waals surface area contributed by atoms with E-state index >= 15 is 0 Å². The van der Waals surface area contributed by atoms with Gasteiger partial charge in [0.05, 0.1) is 0 Å². The number of nitrogens with zero attached hydrogens (tertiary/aromatic N) is 1. The van der Waals surface area contributed by atoms with Gasteiger partial charge in [0.2, 0.25) is 0 Å². The van der Waals surface area contributed by atoms with Crippen LogP contribution < -0.4 is 16.0 Å². The van der Waals surface area contributed by atoms with Crippen molar-refractivity contribution >= 4 is 11.9 Å². The molecule has 5 nitrogen and oxygen atoms in total. The number of nitrogens with one attached hydrogen (secondary N) is 3. The van der Waals surface area contributed by atoms with Crippen LogP contribution in [0, 0.1) is 0 Å². The number of aliphatic imine (C=N–C) groups is 1. The summed E-state index contributed by atoms with van der Waals surface area (Å²) in [6, 6.07) is 7.70. The predicted octanol–water partition coefficient (Wildman–Crippen LogP) is 3.07. The number of carbonyl (C=O) groups excluding carboxylic acids is 1. The van der Waals surface area contributed by atoms with E-state index in [1.165, 1.54) is 12.8 Å². The minimum atomic E-state index is -0.00337. The number of hydrogen-bond acceptors (Lipinski definition) is 2. The molecule has 1 aromatic carbocycles. The van der Waals surface area contributed by atoms with Crippen LogP contribution in [0.5, 0.6) is 0 Å². The van der Waals surface area contributed by atoms with E-state index in [0.717, 1.165) is 43.9 Å². The summed E-state index contributed by atoms with van der Waals surface area (Å²) in [5, 5.41) is 9.53. The number of amides is 1.